The van der Waals surface area contributed by atoms with Crippen LogP contribution in [0.2, 0.25) is 0 Å². The minimum atomic E-state index is -4.47. The number of nitrogens with zero attached hydrogens (tertiary/aromatic N) is 6. The van der Waals surface area contributed by atoms with Crippen molar-refractivity contribution in [3.05, 3.63) is 65.1 Å². The Kier molecular flexibility index (Phi) is 9.58. The number of anilines is 1. The number of piperidine rings is 1. The smallest absolute Gasteiger partial charge is 0.390 e. The first-order valence-corrected chi connectivity index (χ1v) is 18.8. The van der Waals surface area contributed by atoms with Gasteiger partial charge in [-0.3, -0.25) is 9.58 Å². The summed E-state index contributed by atoms with van der Waals surface area (Å²) in [6.07, 6.45) is 2.31. The van der Waals surface area contributed by atoms with Gasteiger partial charge in [0.15, 0.2) is 0 Å². The normalized spacial score (nSPS) is 19.2. The number of aliphatic hydroxyl groups is 1. The Labute approximate surface area is 289 Å². The SMILES string of the molecule is CO[n+]1cc2c(C3CCN(CC(O)Cn4nc(-c5ccc(C(F)(F)F)cc5)c5c4CCN(S(C)(=O)=O)C5)CC3)c[nH]c2cc1N1CCOCC1. The van der Waals surface area contributed by atoms with Crippen LogP contribution in [0, 0.1) is 0 Å². The summed E-state index contributed by atoms with van der Waals surface area (Å²) >= 11 is 0. The molecule has 2 fully saturated rings. The maximum atomic E-state index is 13.2. The number of aromatic nitrogens is 4. The highest BCUT2D eigenvalue weighted by Crippen LogP contribution is 2.36. The average molecular weight is 719 g/mol. The summed E-state index contributed by atoms with van der Waals surface area (Å²) in [4.78, 5) is 13.7. The van der Waals surface area contributed by atoms with Crippen LogP contribution >= 0.6 is 0 Å². The van der Waals surface area contributed by atoms with Gasteiger partial charge < -0.3 is 24.6 Å². The molecule has 0 bridgehead atoms. The molecule has 0 radical (unpaired) electrons. The van der Waals surface area contributed by atoms with Gasteiger partial charge in [0.1, 0.15) is 26.4 Å². The lowest BCUT2D eigenvalue weighted by atomic mass is 9.89. The largest absolute Gasteiger partial charge is 0.416 e. The Bertz CT molecular complexity index is 1930. The van der Waals surface area contributed by atoms with E-state index in [4.69, 9.17) is 14.7 Å². The fourth-order valence-corrected chi connectivity index (χ4v) is 8.33. The molecular formula is C34H43F3N7O5S+. The number of rotatable bonds is 9. The molecule has 3 aromatic heterocycles. The number of benzene rings is 1. The summed E-state index contributed by atoms with van der Waals surface area (Å²) in [5.74, 6) is 1.33. The van der Waals surface area contributed by atoms with Gasteiger partial charge in [-0.2, -0.15) is 22.6 Å². The fraction of sp³-hybridized carbons (Fsp3) is 0.529. The average Bonchev–Trinajstić information content (AvgIpc) is 3.68. The minimum Gasteiger partial charge on any atom is -0.390 e. The number of halogens is 3. The predicted molar refractivity (Wildman–Crippen MR) is 180 cm³/mol. The molecule has 3 aliphatic heterocycles. The molecule has 1 unspecified atom stereocenters. The number of morpholine rings is 1. The lowest BCUT2D eigenvalue weighted by Gasteiger charge is -2.33. The van der Waals surface area contributed by atoms with Crippen LogP contribution in [0.5, 0.6) is 0 Å². The van der Waals surface area contributed by atoms with Gasteiger partial charge in [0, 0.05) is 54.5 Å². The number of aliphatic hydroxyl groups excluding tert-OH is 1. The number of nitrogens with one attached hydrogen (secondary N) is 1. The summed E-state index contributed by atoms with van der Waals surface area (Å²) in [5.41, 5.74) is 3.88. The lowest BCUT2D eigenvalue weighted by Crippen LogP contribution is -2.49. The maximum absolute atomic E-state index is 13.2. The summed E-state index contributed by atoms with van der Waals surface area (Å²) in [6.45, 7) is 5.55. The molecule has 0 aliphatic carbocycles. The molecule has 0 amide bonds. The molecule has 7 rings (SSSR count). The number of ether oxygens (including phenoxy) is 1. The molecule has 1 atom stereocenters. The standard InChI is InChI=1S/C34H42F3N7O5S/c1-48-44-22-28-27(18-38-30(28)17-32(44)41-13-15-49-16-14-41)23-7-10-40(11-8-23)19-26(45)20-43-31-9-12-42(50(2,46)47)21-29(31)33(39-43)24-3-5-25(6-4-24)34(35,36)37/h3-6,17-18,22-23,26,45H,7-16,19-21H2,1-2H3/p+1. The van der Waals surface area contributed by atoms with Crippen LogP contribution < -0.4 is 14.5 Å². The van der Waals surface area contributed by atoms with E-state index < -0.39 is 27.9 Å². The number of β-amino-alcohol motifs (C(OH)–C–C–N with tert-alkyl or cyclic N) is 1. The van der Waals surface area contributed by atoms with Crippen molar-refractivity contribution >= 4 is 26.7 Å². The summed E-state index contributed by atoms with van der Waals surface area (Å²) in [5, 5.41) is 17.1. The Morgan fingerprint density at radius 2 is 1.82 bits per heavy atom. The quantitative estimate of drug-likeness (QED) is 0.254. The third kappa shape index (κ3) is 7.08. The van der Waals surface area contributed by atoms with Crippen LogP contribution in [0.4, 0.5) is 19.0 Å². The van der Waals surface area contributed by atoms with Crippen molar-refractivity contribution in [1.82, 2.24) is 24.0 Å². The minimum absolute atomic E-state index is 0.0703. The summed E-state index contributed by atoms with van der Waals surface area (Å²) < 4.78 is 74.9. The zero-order valence-corrected chi connectivity index (χ0v) is 29.0. The zero-order chi connectivity index (χ0) is 35.2. The Hall–Kier alpha value is -3.70. The van der Waals surface area contributed by atoms with Crippen molar-refractivity contribution in [2.24, 2.45) is 0 Å². The number of aromatic amines is 1. The van der Waals surface area contributed by atoms with Crippen molar-refractivity contribution in [2.45, 2.75) is 50.6 Å². The van der Waals surface area contributed by atoms with Gasteiger partial charge >= 0.3 is 12.0 Å². The number of pyridine rings is 1. The van der Waals surface area contributed by atoms with E-state index in [2.05, 4.69) is 33.2 Å². The molecule has 50 heavy (non-hydrogen) atoms. The number of sulfonamides is 1. The number of H-pyrrole nitrogens is 1. The van der Waals surface area contributed by atoms with E-state index in [1.165, 1.54) is 22.0 Å². The molecule has 4 aromatic rings. The van der Waals surface area contributed by atoms with Crippen LogP contribution in [0.3, 0.4) is 0 Å². The maximum Gasteiger partial charge on any atom is 0.416 e. The van der Waals surface area contributed by atoms with Crippen molar-refractivity contribution in [2.75, 3.05) is 70.7 Å². The van der Waals surface area contributed by atoms with E-state index in [0.717, 1.165) is 79.8 Å². The summed E-state index contributed by atoms with van der Waals surface area (Å²) in [6, 6.07) is 6.87. The number of fused-ring (bicyclic) bond motifs is 2. The van der Waals surface area contributed by atoms with Gasteiger partial charge in [0.25, 0.3) is 0 Å². The van der Waals surface area contributed by atoms with E-state index in [0.29, 0.717) is 48.9 Å². The van der Waals surface area contributed by atoms with E-state index in [1.807, 2.05) is 4.73 Å². The van der Waals surface area contributed by atoms with Gasteiger partial charge in [0.2, 0.25) is 10.0 Å². The van der Waals surface area contributed by atoms with E-state index in [-0.39, 0.29) is 19.6 Å². The molecule has 270 valence electrons. The zero-order valence-electron chi connectivity index (χ0n) is 28.2. The first-order chi connectivity index (χ1) is 23.9. The van der Waals surface area contributed by atoms with Gasteiger partial charge in [-0.25, -0.2) is 8.42 Å². The van der Waals surface area contributed by atoms with Gasteiger partial charge in [-0.15, -0.1) is 0 Å². The second-order valence-corrected chi connectivity index (χ2v) is 15.4. The molecule has 2 N–H and O–H groups in total. The first-order valence-electron chi connectivity index (χ1n) is 16.9. The molecule has 12 nitrogen and oxygen atoms in total. The van der Waals surface area contributed by atoms with E-state index in [9.17, 15) is 26.7 Å². The topological polar surface area (TPSA) is 120 Å². The number of likely N-dealkylation sites (tertiary alicyclic amines) is 1. The summed E-state index contributed by atoms with van der Waals surface area (Å²) in [7, 11) is -1.82. The molecule has 16 heteroatoms. The molecule has 2 saturated heterocycles. The highest BCUT2D eigenvalue weighted by molar-refractivity contribution is 7.88. The van der Waals surface area contributed by atoms with Crippen LogP contribution in [-0.2, 0) is 40.4 Å². The van der Waals surface area contributed by atoms with Crippen molar-refractivity contribution in [1.29, 1.82) is 0 Å². The highest BCUT2D eigenvalue weighted by Gasteiger charge is 2.33. The lowest BCUT2D eigenvalue weighted by molar-refractivity contribution is -0.874. The monoisotopic (exact) mass is 718 g/mol. The van der Waals surface area contributed by atoms with Gasteiger partial charge in [-0.1, -0.05) is 12.1 Å². The van der Waals surface area contributed by atoms with Crippen LogP contribution in [0.25, 0.3) is 22.2 Å². The van der Waals surface area contributed by atoms with Crippen molar-refractivity contribution in [3.63, 3.8) is 0 Å². The fourth-order valence-electron chi connectivity index (χ4n) is 7.54. The number of hydrogen-bond donors (Lipinski definition) is 2. The van der Waals surface area contributed by atoms with Crippen molar-refractivity contribution < 1.29 is 41.0 Å². The Morgan fingerprint density at radius 3 is 2.48 bits per heavy atom. The molecule has 3 aliphatic rings. The van der Waals surface area contributed by atoms with E-state index >= 15 is 0 Å². The number of alkyl halides is 3. The Balaban J connectivity index is 1.03. The second-order valence-electron chi connectivity index (χ2n) is 13.4. The van der Waals surface area contributed by atoms with Crippen molar-refractivity contribution in [3.8, 4) is 11.3 Å². The molecule has 0 spiro atoms. The Morgan fingerprint density at radius 1 is 1.10 bits per heavy atom. The third-order valence-corrected chi connectivity index (χ3v) is 11.4. The van der Waals surface area contributed by atoms with E-state index in [1.54, 1.807) is 11.8 Å². The first kappa shape index (κ1) is 34.7. The van der Waals surface area contributed by atoms with Crippen LogP contribution in [0.1, 0.15) is 41.1 Å². The van der Waals surface area contributed by atoms with Gasteiger partial charge in [0.05, 0.1) is 55.0 Å². The van der Waals surface area contributed by atoms with Crippen LogP contribution in [-0.4, -0.2) is 109 Å². The third-order valence-electron chi connectivity index (χ3n) is 10.2. The molecular weight excluding hydrogens is 675 g/mol. The second kappa shape index (κ2) is 13.8. The molecule has 1 aromatic carbocycles. The highest BCUT2D eigenvalue weighted by atomic mass is 32.2. The molecule has 0 saturated carbocycles. The molecule has 6 heterocycles. The van der Waals surface area contributed by atoms with Crippen LogP contribution in [0.15, 0.2) is 42.7 Å². The van der Waals surface area contributed by atoms with Gasteiger partial charge in [-0.05, 0) is 54.3 Å². The number of hydrogen-bond acceptors (Lipinski definition) is 8. The predicted octanol–water partition coefficient (Wildman–Crippen LogP) is 2.79.